The molecule has 0 radical (unpaired) electrons. The van der Waals surface area contributed by atoms with Crippen molar-refractivity contribution in [1.82, 2.24) is 15.4 Å². The number of carbonyl (C=O) groups is 1. The highest BCUT2D eigenvalue weighted by Crippen LogP contribution is 2.29. The molecule has 0 spiro atoms. The number of benzene rings is 1. The van der Waals surface area contributed by atoms with Crippen LogP contribution in [-0.2, 0) is 6.54 Å². The third-order valence-electron chi connectivity index (χ3n) is 4.17. The Labute approximate surface area is 147 Å². The first-order chi connectivity index (χ1) is 11.9. The SMILES string of the molecule is COc1ccc(OC)c([C@H](C)NC(=O)N(C)Cc2c(C)noc2C)c1. The van der Waals surface area contributed by atoms with Gasteiger partial charge < -0.3 is 24.2 Å². The van der Waals surface area contributed by atoms with Crippen LogP contribution in [0.4, 0.5) is 4.79 Å². The molecular weight excluding hydrogens is 322 g/mol. The van der Waals surface area contributed by atoms with Crippen LogP contribution in [0.25, 0.3) is 0 Å². The van der Waals surface area contributed by atoms with E-state index in [9.17, 15) is 4.79 Å². The van der Waals surface area contributed by atoms with Crippen LogP contribution in [0.1, 0.15) is 35.5 Å². The number of urea groups is 1. The van der Waals surface area contributed by atoms with Crippen LogP contribution in [0.2, 0.25) is 0 Å². The summed E-state index contributed by atoms with van der Waals surface area (Å²) in [6, 6.07) is 5.06. The smallest absolute Gasteiger partial charge is 0.317 e. The zero-order valence-corrected chi connectivity index (χ0v) is 15.5. The van der Waals surface area contributed by atoms with Crippen molar-refractivity contribution in [2.75, 3.05) is 21.3 Å². The third kappa shape index (κ3) is 4.23. The molecule has 7 heteroatoms. The molecule has 0 saturated heterocycles. The number of rotatable bonds is 6. The first-order valence-electron chi connectivity index (χ1n) is 8.02. The molecule has 25 heavy (non-hydrogen) atoms. The number of hydrogen-bond donors (Lipinski definition) is 1. The molecule has 1 heterocycles. The van der Waals surface area contributed by atoms with Gasteiger partial charge in [0.15, 0.2) is 0 Å². The Kier molecular flexibility index (Phi) is 5.90. The van der Waals surface area contributed by atoms with E-state index in [1.165, 1.54) is 0 Å². The topological polar surface area (TPSA) is 76.8 Å². The van der Waals surface area contributed by atoms with Gasteiger partial charge in [-0.15, -0.1) is 0 Å². The van der Waals surface area contributed by atoms with Gasteiger partial charge in [-0.1, -0.05) is 5.16 Å². The standard InChI is InChI=1S/C18H25N3O4/c1-11(15-9-14(23-5)7-8-17(15)24-6)19-18(22)21(4)10-16-12(2)20-25-13(16)3/h7-9,11H,10H2,1-6H3,(H,19,22)/t11-/m0/s1. The van der Waals surface area contributed by atoms with Crippen LogP contribution in [0.5, 0.6) is 11.5 Å². The predicted octanol–water partition coefficient (Wildman–Crippen LogP) is 3.21. The first kappa shape index (κ1) is 18.6. The van der Waals surface area contributed by atoms with E-state index in [1.807, 2.05) is 39.0 Å². The molecule has 0 aliphatic rings. The molecule has 1 atom stereocenters. The highest BCUT2D eigenvalue weighted by Gasteiger charge is 2.19. The second kappa shape index (κ2) is 7.92. The fourth-order valence-electron chi connectivity index (χ4n) is 2.59. The maximum Gasteiger partial charge on any atom is 0.317 e. The molecular formula is C18H25N3O4. The molecule has 2 aromatic rings. The number of methoxy groups -OCH3 is 2. The number of carbonyl (C=O) groups excluding carboxylic acids is 1. The van der Waals surface area contributed by atoms with Crippen molar-refractivity contribution in [2.45, 2.75) is 33.4 Å². The van der Waals surface area contributed by atoms with E-state index in [1.54, 1.807) is 26.2 Å². The molecule has 1 aromatic heterocycles. The van der Waals surface area contributed by atoms with Gasteiger partial charge in [0, 0.05) is 18.2 Å². The Balaban J connectivity index is 2.09. The molecule has 7 nitrogen and oxygen atoms in total. The molecule has 1 aromatic carbocycles. The number of aromatic nitrogens is 1. The predicted molar refractivity (Wildman–Crippen MR) is 93.9 cm³/mol. The minimum Gasteiger partial charge on any atom is -0.497 e. The van der Waals surface area contributed by atoms with Crippen molar-refractivity contribution < 1.29 is 18.8 Å². The largest absolute Gasteiger partial charge is 0.497 e. The summed E-state index contributed by atoms with van der Waals surface area (Å²) in [5.74, 6) is 2.13. The summed E-state index contributed by atoms with van der Waals surface area (Å²) in [7, 11) is 4.94. The van der Waals surface area contributed by atoms with Crippen molar-refractivity contribution in [1.29, 1.82) is 0 Å². The van der Waals surface area contributed by atoms with Gasteiger partial charge in [-0.05, 0) is 39.0 Å². The normalized spacial score (nSPS) is 11.8. The number of nitrogens with one attached hydrogen (secondary N) is 1. The zero-order chi connectivity index (χ0) is 18.6. The second-order valence-corrected chi connectivity index (χ2v) is 5.94. The lowest BCUT2D eigenvalue weighted by Gasteiger charge is -2.23. The van der Waals surface area contributed by atoms with Gasteiger partial charge in [0.1, 0.15) is 17.3 Å². The van der Waals surface area contributed by atoms with Crippen molar-refractivity contribution in [2.24, 2.45) is 0 Å². The maximum absolute atomic E-state index is 12.5. The highest BCUT2D eigenvalue weighted by molar-refractivity contribution is 5.74. The Morgan fingerprint density at radius 1 is 1.32 bits per heavy atom. The van der Waals surface area contributed by atoms with Crippen LogP contribution in [0, 0.1) is 13.8 Å². The number of ether oxygens (including phenoxy) is 2. The van der Waals surface area contributed by atoms with Crippen molar-refractivity contribution in [3.8, 4) is 11.5 Å². The molecule has 2 rings (SSSR count). The average molecular weight is 347 g/mol. The van der Waals surface area contributed by atoms with E-state index >= 15 is 0 Å². The molecule has 0 saturated carbocycles. The molecule has 0 aliphatic heterocycles. The van der Waals surface area contributed by atoms with Gasteiger partial charge in [-0.25, -0.2) is 4.79 Å². The molecule has 0 fully saturated rings. The molecule has 0 aliphatic carbocycles. The van der Waals surface area contributed by atoms with E-state index in [0.29, 0.717) is 18.0 Å². The van der Waals surface area contributed by atoms with E-state index in [-0.39, 0.29) is 12.1 Å². The van der Waals surface area contributed by atoms with Crippen LogP contribution in [-0.4, -0.2) is 37.4 Å². The second-order valence-electron chi connectivity index (χ2n) is 5.94. The molecule has 136 valence electrons. The van der Waals surface area contributed by atoms with Crippen molar-refractivity contribution in [3.63, 3.8) is 0 Å². The summed E-state index contributed by atoms with van der Waals surface area (Å²) in [4.78, 5) is 14.1. The summed E-state index contributed by atoms with van der Waals surface area (Å²) >= 11 is 0. The lowest BCUT2D eigenvalue weighted by atomic mass is 10.1. The van der Waals surface area contributed by atoms with Crippen LogP contribution >= 0.6 is 0 Å². The highest BCUT2D eigenvalue weighted by atomic mass is 16.5. The van der Waals surface area contributed by atoms with E-state index in [4.69, 9.17) is 14.0 Å². The third-order valence-corrected chi connectivity index (χ3v) is 4.17. The number of amides is 2. The van der Waals surface area contributed by atoms with Gasteiger partial charge in [-0.2, -0.15) is 0 Å². The summed E-state index contributed by atoms with van der Waals surface area (Å²) in [6.45, 7) is 6.03. The maximum atomic E-state index is 12.5. The Morgan fingerprint density at radius 3 is 2.60 bits per heavy atom. The lowest BCUT2D eigenvalue weighted by Crippen LogP contribution is -2.38. The number of nitrogens with zero attached hydrogens (tertiary/aromatic N) is 2. The summed E-state index contributed by atoms with van der Waals surface area (Å²) < 4.78 is 15.8. The van der Waals surface area contributed by atoms with Crippen LogP contribution in [0.3, 0.4) is 0 Å². The lowest BCUT2D eigenvalue weighted by molar-refractivity contribution is 0.203. The minimum atomic E-state index is -0.246. The Morgan fingerprint density at radius 2 is 2.04 bits per heavy atom. The molecule has 0 bridgehead atoms. The Hall–Kier alpha value is -2.70. The van der Waals surface area contributed by atoms with Crippen LogP contribution < -0.4 is 14.8 Å². The van der Waals surface area contributed by atoms with E-state index < -0.39 is 0 Å². The molecule has 2 amide bonds. The summed E-state index contributed by atoms with van der Waals surface area (Å²) in [5, 5.41) is 6.89. The first-order valence-corrected chi connectivity index (χ1v) is 8.02. The van der Waals surface area contributed by atoms with Crippen molar-refractivity contribution >= 4 is 6.03 Å². The monoisotopic (exact) mass is 347 g/mol. The number of hydrogen-bond acceptors (Lipinski definition) is 5. The summed E-state index contributed by atoms with van der Waals surface area (Å²) in [6.07, 6.45) is 0. The van der Waals surface area contributed by atoms with Crippen LogP contribution in [0.15, 0.2) is 22.7 Å². The van der Waals surface area contributed by atoms with Gasteiger partial charge in [0.25, 0.3) is 0 Å². The van der Waals surface area contributed by atoms with Gasteiger partial charge in [0.2, 0.25) is 0 Å². The fraction of sp³-hybridized carbons (Fsp3) is 0.444. The van der Waals surface area contributed by atoms with Gasteiger partial charge in [0.05, 0.1) is 32.5 Å². The average Bonchev–Trinajstić information content (AvgIpc) is 2.92. The zero-order valence-electron chi connectivity index (χ0n) is 15.5. The van der Waals surface area contributed by atoms with Crippen molar-refractivity contribution in [3.05, 3.63) is 40.8 Å². The quantitative estimate of drug-likeness (QED) is 0.868. The van der Waals surface area contributed by atoms with Gasteiger partial charge in [-0.3, -0.25) is 0 Å². The molecule has 1 N–H and O–H groups in total. The molecule has 0 unspecified atom stereocenters. The minimum absolute atomic E-state index is 0.197. The Bertz CT molecular complexity index is 722. The summed E-state index contributed by atoms with van der Waals surface area (Å²) in [5.41, 5.74) is 2.56. The number of aryl methyl sites for hydroxylation is 2. The van der Waals surface area contributed by atoms with E-state index in [0.717, 1.165) is 22.6 Å². The fourth-order valence-corrected chi connectivity index (χ4v) is 2.59. The van der Waals surface area contributed by atoms with E-state index in [2.05, 4.69) is 10.5 Å². The van der Waals surface area contributed by atoms with Gasteiger partial charge >= 0.3 is 6.03 Å².